The standard InChI is InChI=1S/C30H51N5O9/c1-9-17(4)23-29(42)34(8)24(16(2)3)30(43)33(7)19(6)26(39)31-12-10-22(38)44-21(14-20(37)15-36)28(41)35-13-11-18(5)25(35)27(40)32-23/h16-21,23-25,36-37H,9-15H2,1-8H3,(H,31,39)(H,32,40)/t17-,18-,19+,20-,21+,23-,24+,25+/m0/s1. The number of hydrogen-bond acceptors (Lipinski definition) is 9. The number of nitrogens with one attached hydrogen (secondary N) is 2. The predicted octanol–water partition coefficient (Wildman–Crippen LogP) is -0.741. The Labute approximate surface area is 259 Å². The third-order valence-corrected chi connectivity index (χ3v) is 8.86. The highest BCUT2D eigenvalue weighted by molar-refractivity contribution is 5.96. The van der Waals surface area contributed by atoms with E-state index in [1.807, 2.05) is 13.8 Å². The van der Waals surface area contributed by atoms with Crippen molar-refractivity contribution in [2.75, 3.05) is 33.8 Å². The number of ether oxygens (including phenoxy) is 1. The molecule has 2 heterocycles. The van der Waals surface area contributed by atoms with Crippen LogP contribution in [0.4, 0.5) is 0 Å². The van der Waals surface area contributed by atoms with Crippen molar-refractivity contribution in [2.45, 2.75) is 104 Å². The van der Waals surface area contributed by atoms with Crippen LogP contribution in [0.3, 0.4) is 0 Å². The number of carbonyl (C=O) groups excluding carboxylic acids is 6. The van der Waals surface area contributed by atoms with Crippen molar-refractivity contribution in [1.29, 1.82) is 0 Å². The van der Waals surface area contributed by atoms with Crippen LogP contribution in [-0.4, -0.2) is 131 Å². The van der Waals surface area contributed by atoms with E-state index in [1.54, 1.807) is 20.8 Å². The Kier molecular flexibility index (Phi) is 13.6. The monoisotopic (exact) mass is 625 g/mol. The molecule has 4 N–H and O–H groups in total. The summed E-state index contributed by atoms with van der Waals surface area (Å²) in [5, 5.41) is 25.0. The first-order valence-corrected chi connectivity index (χ1v) is 15.5. The lowest BCUT2D eigenvalue weighted by molar-refractivity contribution is -0.164. The maximum Gasteiger partial charge on any atom is 0.308 e. The topological polar surface area (TPSA) is 186 Å². The van der Waals surface area contributed by atoms with E-state index in [1.165, 1.54) is 35.7 Å². The molecule has 2 aliphatic rings. The molecule has 0 spiro atoms. The Hall–Kier alpha value is -3.26. The van der Waals surface area contributed by atoms with Gasteiger partial charge in [-0.05, 0) is 31.1 Å². The zero-order valence-electron chi connectivity index (χ0n) is 27.2. The number of esters is 1. The van der Waals surface area contributed by atoms with Gasteiger partial charge in [-0.2, -0.15) is 0 Å². The zero-order chi connectivity index (χ0) is 33.5. The molecule has 0 unspecified atom stereocenters. The summed E-state index contributed by atoms with van der Waals surface area (Å²) < 4.78 is 5.42. The number of hydrogen-bond donors (Lipinski definition) is 4. The van der Waals surface area contributed by atoms with Gasteiger partial charge in [-0.3, -0.25) is 28.8 Å². The summed E-state index contributed by atoms with van der Waals surface area (Å²) in [5.41, 5.74) is 0. The highest BCUT2D eigenvalue weighted by Gasteiger charge is 2.45. The van der Waals surface area contributed by atoms with Crippen molar-refractivity contribution in [3.05, 3.63) is 0 Å². The third-order valence-electron chi connectivity index (χ3n) is 8.86. The minimum absolute atomic E-state index is 0.151. The second kappa shape index (κ2) is 16.2. The molecule has 2 fully saturated rings. The second-order valence-corrected chi connectivity index (χ2v) is 12.5. The number of aliphatic hydroxyl groups is 2. The first kappa shape index (κ1) is 36.9. The van der Waals surface area contributed by atoms with Gasteiger partial charge in [0.15, 0.2) is 6.10 Å². The smallest absolute Gasteiger partial charge is 0.308 e. The van der Waals surface area contributed by atoms with Crippen molar-refractivity contribution in [2.24, 2.45) is 17.8 Å². The Balaban J connectivity index is 2.59. The molecule has 2 saturated heterocycles. The summed E-state index contributed by atoms with van der Waals surface area (Å²) in [5.74, 6) is -4.54. The molecular weight excluding hydrogens is 574 g/mol. The van der Waals surface area contributed by atoms with Crippen LogP contribution in [0.15, 0.2) is 0 Å². The molecule has 14 nitrogen and oxygen atoms in total. The summed E-state index contributed by atoms with van der Waals surface area (Å²) in [6.45, 7) is 9.93. The van der Waals surface area contributed by atoms with E-state index in [0.29, 0.717) is 12.8 Å². The lowest BCUT2D eigenvalue weighted by Gasteiger charge is -2.38. The van der Waals surface area contributed by atoms with Crippen LogP contribution in [-0.2, 0) is 33.5 Å². The summed E-state index contributed by atoms with van der Waals surface area (Å²) in [6, 6.07) is -3.90. The molecule has 44 heavy (non-hydrogen) atoms. The van der Waals surface area contributed by atoms with Crippen molar-refractivity contribution in [1.82, 2.24) is 25.3 Å². The third kappa shape index (κ3) is 8.68. The van der Waals surface area contributed by atoms with Crippen LogP contribution in [0.25, 0.3) is 0 Å². The molecule has 0 aromatic heterocycles. The summed E-state index contributed by atoms with van der Waals surface area (Å²) in [7, 11) is 2.96. The summed E-state index contributed by atoms with van der Waals surface area (Å²) in [6.07, 6.45) is -2.56. The Bertz CT molecular complexity index is 1070. The number of fused-ring (bicyclic) bond motifs is 1. The lowest BCUT2D eigenvalue weighted by Crippen LogP contribution is -2.61. The Morgan fingerprint density at radius 2 is 1.59 bits per heavy atom. The van der Waals surface area contributed by atoms with Crippen LogP contribution >= 0.6 is 0 Å². The Morgan fingerprint density at radius 3 is 2.16 bits per heavy atom. The van der Waals surface area contributed by atoms with Gasteiger partial charge in [0.25, 0.3) is 5.91 Å². The minimum Gasteiger partial charge on any atom is -0.452 e. The molecule has 0 aromatic carbocycles. The summed E-state index contributed by atoms with van der Waals surface area (Å²) in [4.78, 5) is 84.7. The van der Waals surface area contributed by atoms with Crippen LogP contribution in [0.2, 0.25) is 0 Å². The van der Waals surface area contributed by atoms with Gasteiger partial charge < -0.3 is 40.3 Å². The van der Waals surface area contributed by atoms with E-state index in [-0.39, 0.29) is 37.3 Å². The fourth-order valence-electron chi connectivity index (χ4n) is 5.70. The Morgan fingerprint density at radius 1 is 0.955 bits per heavy atom. The molecule has 0 bridgehead atoms. The molecule has 5 amide bonds. The van der Waals surface area contributed by atoms with Crippen LogP contribution in [0.1, 0.15) is 67.2 Å². The normalized spacial score (nSPS) is 30.2. The van der Waals surface area contributed by atoms with Crippen LogP contribution in [0, 0.1) is 17.8 Å². The van der Waals surface area contributed by atoms with Gasteiger partial charge in [0.05, 0.1) is 19.1 Å². The maximum absolute atomic E-state index is 14.0. The fourth-order valence-corrected chi connectivity index (χ4v) is 5.70. The molecular formula is C30H51N5O9. The lowest BCUT2D eigenvalue weighted by atomic mass is 9.94. The van der Waals surface area contributed by atoms with Gasteiger partial charge in [0.1, 0.15) is 24.2 Å². The number of likely N-dealkylation sites (N-methyl/N-ethyl adjacent to an activating group) is 2. The average Bonchev–Trinajstić information content (AvgIpc) is 3.37. The number of nitrogens with zero attached hydrogens (tertiary/aromatic N) is 3. The SMILES string of the molecule is CC[C@H](C)[C@@H]1NC(=O)[C@H]2[C@@H](C)CCN2C(=O)[C@@H](C[C@H](O)CO)OC(=O)CCNC(=O)[C@@H](C)N(C)C(=O)[C@@H](C(C)C)N(C)C1=O. The van der Waals surface area contributed by atoms with Crippen molar-refractivity contribution >= 4 is 35.5 Å². The highest BCUT2D eigenvalue weighted by Crippen LogP contribution is 2.27. The van der Waals surface area contributed by atoms with E-state index in [9.17, 15) is 39.0 Å². The molecule has 250 valence electrons. The van der Waals surface area contributed by atoms with Gasteiger partial charge in [0, 0.05) is 33.6 Å². The molecule has 2 aliphatic heterocycles. The quantitative estimate of drug-likeness (QED) is 0.276. The molecule has 8 atom stereocenters. The molecule has 2 rings (SSSR count). The van der Waals surface area contributed by atoms with Crippen LogP contribution in [0.5, 0.6) is 0 Å². The first-order chi connectivity index (χ1) is 20.6. The number of amides is 5. The predicted molar refractivity (Wildman–Crippen MR) is 160 cm³/mol. The van der Waals surface area contributed by atoms with E-state index in [4.69, 9.17) is 4.74 Å². The van der Waals surface area contributed by atoms with E-state index >= 15 is 0 Å². The summed E-state index contributed by atoms with van der Waals surface area (Å²) >= 11 is 0. The van der Waals surface area contributed by atoms with Crippen LogP contribution < -0.4 is 10.6 Å². The van der Waals surface area contributed by atoms with Gasteiger partial charge in [-0.25, -0.2) is 0 Å². The number of cyclic esters (lactones) is 1. The largest absolute Gasteiger partial charge is 0.452 e. The number of rotatable bonds is 6. The highest BCUT2D eigenvalue weighted by atomic mass is 16.5. The van der Waals surface area contributed by atoms with Gasteiger partial charge in [0.2, 0.25) is 23.6 Å². The minimum atomic E-state index is -1.49. The fraction of sp³-hybridized carbons (Fsp3) is 0.800. The number of carbonyl (C=O) groups is 6. The molecule has 0 radical (unpaired) electrons. The van der Waals surface area contributed by atoms with Gasteiger partial charge in [-0.1, -0.05) is 41.0 Å². The molecule has 0 saturated carbocycles. The van der Waals surface area contributed by atoms with Crippen molar-refractivity contribution < 1.29 is 43.7 Å². The first-order valence-electron chi connectivity index (χ1n) is 15.5. The van der Waals surface area contributed by atoms with Gasteiger partial charge >= 0.3 is 5.97 Å². The zero-order valence-corrected chi connectivity index (χ0v) is 27.2. The van der Waals surface area contributed by atoms with Crippen molar-refractivity contribution in [3.63, 3.8) is 0 Å². The van der Waals surface area contributed by atoms with Gasteiger partial charge in [-0.15, -0.1) is 0 Å². The van der Waals surface area contributed by atoms with E-state index in [2.05, 4.69) is 10.6 Å². The molecule has 0 aliphatic carbocycles. The number of aliphatic hydroxyl groups excluding tert-OH is 2. The average molecular weight is 626 g/mol. The van der Waals surface area contributed by atoms with E-state index < -0.39 is 84.9 Å². The second-order valence-electron chi connectivity index (χ2n) is 12.5. The van der Waals surface area contributed by atoms with Crippen molar-refractivity contribution in [3.8, 4) is 0 Å². The molecule has 14 heteroatoms. The molecule has 0 aromatic rings. The van der Waals surface area contributed by atoms with E-state index in [0.717, 1.165) is 0 Å². The maximum atomic E-state index is 14.0.